The summed E-state index contributed by atoms with van der Waals surface area (Å²) in [6.07, 6.45) is 2.10. The van der Waals surface area contributed by atoms with Crippen LogP contribution in [0, 0.1) is 35.5 Å². The minimum absolute atomic E-state index is 0. The predicted molar refractivity (Wildman–Crippen MR) is 114 cm³/mol. The summed E-state index contributed by atoms with van der Waals surface area (Å²) < 4.78 is 22.2. The van der Waals surface area contributed by atoms with E-state index in [9.17, 15) is 0 Å². The first kappa shape index (κ1) is 26.8. The highest BCUT2D eigenvalue weighted by Gasteiger charge is 2.38. The van der Waals surface area contributed by atoms with Gasteiger partial charge in [0.15, 0.2) is 6.29 Å². The van der Waals surface area contributed by atoms with Crippen LogP contribution in [0.4, 0.5) is 0 Å². The molecule has 0 aromatic heterocycles. The van der Waals surface area contributed by atoms with Crippen LogP contribution in [-0.4, -0.2) is 45.4 Å². The molecular formula is C23H48O4. The summed E-state index contributed by atoms with van der Waals surface area (Å²) in [4.78, 5) is 0. The SMILES string of the molecule is C.CCC1OC(OC)C(C)C(C)C1C.COCC1OC(C)C(C)C(C)C1C. The lowest BCUT2D eigenvalue weighted by Gasteiger charge is -2.42. The molecule has 164 valence electrons. The van der Waals surface area contributed by atoms with E-state index in [4.69, 9.17) is 18.9 Å². The van der Waals surface area contributed by atoms with Crippen molar-refractivity contribution in [2.24, 2.45) is 35.5 Å². The Hall–Kier alpha value is -0.160. The number of hydrogen-bond donors (Lipinski definition) is 0. The molecule has 0 saturated carbocycles. The van der Waals surface area contributed by atoms with E-state index in [1.54, 1.807) is 14.2 Å². The van der Waals surface area contributed by atoms with E-state index in [2.05, 4.69) is 55.4 Å². The average Bonchev–Trinajstić information content (AvgIpc) is 2.63. The van der Waals surface area contributed by atoms with Crippen LogP contribution in [-0.2, 0) is 18.9 Å². The van der Waals surface area contributed by atoms with Crippen molar-refractivity contribution in [2.75, 3.05) is 20.8 Å². The Morgan fingerprint density at radius 2 is 1.19 bits per heavy atom. The van der Waals surface area contributed by atoms with E-state index in [-0.39, 0.29) is 19.8 Å². The van der Waals surface area contributed by atoms with Crippen LogP contribution in [0.2, 0.25) is 0 Å². The molecule has 10 unspecified atom stereocenters. The summed E-state index contributed by atoms with van der Waals surface area (Å²) in [5.41, 5.74) is 0. The molecule has 0 bridgehead atoms. The molecule has 0 aromatic rings. The van der Waals surface area contributed by atoms with Crippen molar-refractivity contribution in [1.82, 2.24) is 0 Å². The van der Waals surface area contributed by atoms with Gasteiger partial charge in [-0.25, -0.2) is 0 Å². The summed E-state index contributed by atoms with van der Waals surface area (Å²) >= 11 is 0. The van der Waals surface area contributed by atoms with Crippen LogP contribution in [0.5, 0.6) is 0 Å². The molecule has 2 saturated heterocycles. The fraction of sp³-hybridized carbons (Fsp3) is 1.00. The second-order valence-corrected chi connectivity index (χ2v) is 8.68. The standard InChI is InChI=1S/2C11H22O2.CH4/c1-7-8(2)10(4)13-11(6-12-5)9(7)3;1-6-10-8(3)7(2)9(4)11(12-5)13-10;/h2*7-11H,6H2,1-5H3;1H4. The molecule has 4 heteroatoms. The van der Waals surface area contributed by atoms with Gasteiger partial charge in [0.05, 0.1) is 24.9 Å². The molecule has 10 atom stereocenters. The molecule has 4 nitrogen and oxygen atoms in total. The average molecular weight is 389 g/mol. The zero-order chi connectivity index (χ0) is 20.0. The van der Waals surface area contributed by atoms with Gasteiger partial charge in [-0.3, -0.25) is 0 Å². The first-order valence-corrected chi connectivity index (χ1v) is 10.5. The molecule has 0 aliphatic carbocycles. The third-order valence-corrected chi connectivity index (χ3v) is 7.32. The van der Waals surface area contributed by atoms with Gasteiger partial charge in [0.1, 0.15) is 0 Å². The number of rotatable bonds is 4. The Morgan fingerprint density at radius 1 is 0.667 bits per heavy atom. The Labute approximate surface area is 169 Å². The normalized spacial score (nSPS) is 44.7. The third-order valence-electron chi connectivity index (χ3n) is 7.32. The van der Waals surface area contributed by atoms with E-state index < -0.39 is 0 Å². The van der Waals surface area contributed by atoms with Crippen molar-refractivity contribution in [3.8, 4) is 0 Å². The molecule has 2 aliphatic rings. The van der Waals surface area contributed by atoms with E-state index in [1.165, 1.54) is 0 Å². The first-order valence-electron chi connectivity index (χ1n) is 10.5. The number of methoxy groups -OCH3 is 2. The van der Waals surface area contributed by atoms with Gasteiger partial charge in [-0.2, -0.15) is 0 Å². The lowest BCUT2D eigenvalue weighted by Crippen LogP contribution is -2.45. The molecule has 0 amide bonds. The maximum absolute atomic E-state index is 5.90. The fourth-order valence-electron chi connectivity index (χ4n) is 4.35. The number of hydrogen-bond acceptors (Lipinski definition) is 4. The molecule has 0 radical (unpaired) electrons. The van der Waals surface area contributed by atoms with Crippen LogP contribution in [0.1, 0.15) is 69.2 Å². The van der Waals surface area contributed by atoms with Crippen molar-refractivity contribution >= 4 is 0 Å². The highest BCUT2D eigenvalue weighted by molar-refractivity contribution is 4.84. The zero-order valence-electron chi connectivity index (χ0n) is 18.8. The predicted octanol–water partition coefficient (Wildman–Crippen LogP) is 5.64. The molecule has 27 heavy (non-hydrogen) atoms. The zero-order valence-corrected chi connectivity index (χ0v) is 18.8. The minimum atomic E-state index is -0.00356. The Kier molecular flexibility index (Phi) is 12.3. The highest BCUT2D eigenvalue weighted by atomic mass is 16.7. The molecule has 2 fully saturated rings. The quantitative estimate of drug-likeness (QED) is 0.624. The van der Waals surface area contributed by atoms with E-state index in [1.807, 2.05) is 0 Å². The van der Waals surface area contributed by atoms with Crippen molar-refractivity contribution in [2.45, 2.75) is 93.8 Å². The second kappa shape index (κ2) is 12.4. The van der Waals surface area contributed by atoms with Crippen LogP contribution in [0.15, 0.2) is 0 Å². The number of ether oxygens (including phenoxy) is 4. The van der Waals surface area contributed by atoms with Gasteiger partial charge in [0, 0.05) is 20.1 Å². The fourth-order valence-corrected chi connectivity index (χ4v) is 4.35. The van der Waals surface area contributed by atoms with Gasteiger partial charge in [-0.15, -0.1) is 0 Å². The minimum Gasteiger partial charge on any atom is -0.382 e. The lowest BCUT2D eigenvalue weighted by atomic mass is 9.77. The van der Waals surface area contributed by atoms with Crippen LogP contribution < -0.4 is 0 Å². The maximum Gasteiger partial charge on any atom is 0.160 e. The molecule has 2 aliphatic heterocycles. The maximum atomic E-state index is 5.90. The van der Waals surface area contributed by atoms with Gasteiger partial charge in [0.2, 0.25) is 0 Å². The summed E-state index contributed by atoms with van der Waals surface area (Å²) in [7, 11) is 3.47. The summed E-state index contributed by atoms with van der Waals surface area (Å²) in [5.74, 6) is 3.82. The Balaban J connectivity index is 0.000000483. The Bertz CT molecular complexity index is 362. The summed E-state index contributed by atoms with van der Waals surface area (Å²) in [6.45, 7) is 18.7. The van der Waals surface area contributed by atoms with Crippen molar-refractivity contribution in [1.29, 1.82) is 0 Å². The monoisotopic (exact) mass is 388 g/mol. The van der Waals surface area contributed by atoms with Gasteiger partial charge >= 0.3 is 0 Å². The van der Waals surface area contributed by atoms with E-state index in [0.717, 1.165) is 18.9 Å². The van der Waals surface area contributed by atoms with Gasteiger partial charge in [0.25, 0.3) is 0 Å². The molecule has 2 rings (SSSR count). The van der Waals surface area contributed by atoms with Gasteiger partial charge < -0.3 is 18.9 Å². The van der Waals surface area contributed by atoms with Crippen molar-refractivity contribution < 1.29 is 18.9 Å². The van der Waals surface area contributed by atoms with Crippen LogP contribution >= 0.6 is 0 Å². The van der Waals surface area contributed by atoms with Gasteiger partial charge in [-0.1, -0.05) is 55.9 Å². The van der Waals surface area contributed by atoms with Crippen molar-refractivity contribution in [3.05, 3.63) is 0 Å². The molecule has 0 aromatic carbocycles. The Morgan fingerprint density at radius 3 is 1.67 bits per heavy atom. The lowest BCUT2D eigenvalue weighted by molar-refractivity contribution is -0.237. The van der Waals surface area contributed by atoms with E-state index in [0.29, 0.717) is 41.8 Å². The molecular weight excluding hydrogens is 340 g/mol. The summed E-state index contributed by atoms with van der Waals surface area (Å²) in [5, 5.41) is 0. The third kappa shape index (κ3) is 6.69. The highest BCUT2D eigenvalue weighted by Crippen LogP contribution is 2.36. The molecule has 2 heterocycles. The van der Waals surface area contributed by atoms with Crippen LogP contribution in [0.25, 0.3) is 0 Å². The molecule has 0 N–H and O–H groups in total. The summed E-state index contributed by atoms with van der Waals surface area (Å²) in [6, 6.07) is 0. The van der Waals surface area contributed by atoms with E-state index >= 15 is 0 Å². The second-order valence-electron chi connectivity index (χ2n) is 8.68. The molecule has 0 spiro atoms. The van der Waals surface area contributed by atoms with Crippen molar-refractivity contribution in [3.63, 3.8) is 0 Å². The largest absolute Gasteiger partial charge is 0.382 e. The van der Waals surface area contributed by atoms with Gasteiger partial charge in [-0.05, 0) is 42.9 Å². The first-order chi connectivity index (χ1) is 12.2. The topological polar surface area (TPSA) is 36.9 Å². The van der Waals surface area contributed by atoms with Crippen LogP contribution in [0.3, 0.4) is 0 Å². The smallest absolute Gasteiger partial charge is 0.160 e.